The van der Waals surface area contributed by atoms with E-state index in [0.29, 0.717) is 11.2 Å². The monoisotopic (exact) mass is 332 g/mol. The molecule has 22 heavy (non-hydrogen) atoms. The van der Waals surface area contributed by atoms with Gasteiger partial charge in [0.25, 0.3) is 0 Å². The van der Waals surface area contributed by atoms with E-state index < -0.39 is 7.40 Å². The molecule has 0 fully saturated rings. The second kappa shape index (κ2) is 4.89. The van der Waals surface area contributed by atoms with Gasteiger partial charge in [-0.2, -0.15) is 0 Å². The summed E-state index contributed by atoms with van der Waals surface area (Å²) in [7, 11) is -2.56. The Bertz CT molecular complexity index is 1000. The second-order valence-corrected chi connectivity index (χ2v) is 7.48. The van der Waals surface area contributed by atoms with E-state index in [-0.39, 0.29) is 0 Å². The molecule has 0 spiro atoms. The lowest BCUT2D eigenvalue weighted by atomic mass is 10.2. The van der Waals surface area contributed by atoms with Crippen LogP contribution in [0.4, 0.5) is 8.63 Å². The summed E-state index contributed by atoms with van der Waals surface area (Å²) in [6.07, 6.45) is 3.69. The van der Waals surface area contributed by atoms with E-state index in [2.05, 4.69) is 4.99 Å². The number of halogens is 2. The van der Waals surface area contributed by atoms with Crippen molar-refractivity contribution < 1.29 is 8.63 Å². The van der Waals surface area contributed by atoms with Gasteiger partial charge in [-0.25, -0.2) is 4.99 Å². The van der Waals surface area contributed by atoms with E-state index in [1.807, 2.05) is 37.4 Å². The SMILES string of the molecule is Cc1cc2c(s1)=C/C(=C\c1cc3scc(C)c3n1B(F)F)N=2. The summed E-state index contributed by atoms with van der Waals surface area (Å²) in [5, 5.41) is 2.84. The van der Waals surface area contributed by atoms with Crippen LogP contribution in [0.5, 0.6) is 0 Å². The van der Waals surface area contributed by atoms with Crippen LogP contribution in [0.3, 0.4) is 0 Å². The minimum Gasteiger partial charge on any atom is -0.324 e. The van der Waals surface area contributed by atoms with E-state index in [0.717, 1.165) is 30.3 Å². The van der Waals surface area contributed by atoms with Crippen LogP contribution in [0, 0.1) is 13.8 Å². The minimum absolute atomic E-state index is 0.502. The molecule has 0 saturated heterocycles. The van der Waals surface area contributed by atoms with Crippen molar-refractivity contribution >= 4 is 52.4 Å². The molecule has 1 aliphatic heterocycles. The maximum absolute atomic E-state index is 13.5. The third-order valence-electron chi connectivity index (χ3n) is 3.65. The predicted molar refractivity (Wildman–Crippen MR) is 90.2 cm³/mol. The molecule has 2 nitrogen and oxygen atoms in total. The lowest BCUT2D eigenvalue weighted by molar-refractivity contribution is 0.633. The summed E-state index contributed by atoms with van der Waals surface area (Å²) < 4.78 is 30.0. The van der Waals surface area contributed by atoms with Crippen LogP contribution >= 0.6 is 22.7 Å². The molecule has 1 aliphatic rings. The topological polar surface area (TPSA) is 17.3 Å². The minimum atomic E-state index is -2.56. The zero-order valence-electron chi connectivity index (χ0n) is 11.9. The molecular formula is C15H11BF2N2S2. The zero-order valence-corrected chi connectivity index (χ0v) is 13.6. The van der Waals surface area contributed by atoms with Crippen LogP contribution in [-0.4, -0.2) is 11.9 Å². The average molecular weight is 332 g/mol. The Hall–Kier alpha value is -1.73. The number of fused-ring (bicyclic) bond motifs is 2. The maximum Gasteiger partial charge on any atom is 0.678 e. The smallest absolute Gasteiger partial charge is 0.324 e. The Morgan fingerprint density at radius 1 is 1.27 bits per heavy atom. The first-order valence-electron chi connectivity index (χ1n) is 6.79. The Balaban J connectivity index is 1.88. The van der Waals surface area contributed by atoms with Crippen LogP contribution in [-0.2, 0) is 0 Å². The summed E-state index contributed by atoms with van der Waals surface area (Å²) in [6.45, 7) is 3.90. The molecule has 110 valence electrons. The number of nitrogens with zero attached hydrogens (tertiary/aromatic N) is 2. The highest BCUT2D eigenvalue weighted by Gasteiger charge is 2.24. The van der Waals surface area contributed by atoms with Gasteiger partial charge in [0, 0.05) is 10.6 Å². The summed E-state index contributed by atoms with van der Waals surface area (Å²) in [5.74, 6) is 0. The van der Waals surface area contributed by atoms with Crippen LogP contribution in [0.2, 0.25) is 0 Å². The van der Waals surface area contributed by atoms with Gasteiger partial charge in [-0.3, -0.25) is 8.63 Å². The molecule has 0 aromatic carbocycles. The normalized spacial score (nSPS) is 15.2. The van der Waals surface area contributed by atoms with Gasteiger partial charge >= 0.3 is 7.40 Å². The van der Waals surface area contributed by atoms with Gasteiger partial charge in [-0.05, 0) is 49.1 Å². The van der Waals surface area contributed by atoms with Crippen molar-refractivity contribution in [2.75, 3.05) is 0 Å². The fraction of sp³-hybridized carbons (Fsp3) is 0.133. The molecule has 3 aromatic heterocycles. The van der Waals surface area contributed by atoms with Crippen molar-refractivity contribution in [2.45, 2.75) is 13.8 Å². The number of rotatable bonds is 2. The predicted octanol–water partition coefficient (Wildman–Crippen LogP) is 3.61. The van der Waals surface area contributed by atoms with Crippen molar-refractivity contribution in [3.05, 3.63) is 49.2 Å². The third-order valence-corrected chi connectivity index (χ3v) is 5.67. The van der Waals surface area contributed by atoms with E-state index in [1.165, 1.54) is 16.2 Å². The van der Waals surface area contributed by atoms with Crippen LogP contribution < -0.4 is 9.89 Å². The van der Waals surface area contributed by atoms with Crippen molar-refractivity contribution in [3.8, 4) is 0 Å². The van der Waals surface area contributed by atoms with E-state index in [1.54, 1.807) is 17.4 Å². The van der Waals surface area contributed by atoms with Crippen LogP contribution in [0.1, 0.15) is 16.1 Å². The highest BCUT2D eigenvalue weighted by Crippen LogP contribution is 2.31. The zero-order chi connectivity index (χ0) is 15.4. The fourth-order valence-corrected chi connectivity index (χ4v) is 4.65. The van der Waals surface area contributed by atoms with E-state index in [9.17, 15) is 8.63 Å². The number of thiophene rings is 2. The molecule has 0 radical (unpaired) electrons. The van der Waals surface area contributed by atoms with Crippen LogP contribution in [0.15, 0.2) is 28.2 Å². The molecule has 0 atom stereocenters. The highest BCUT2D eigenvalue weighted by atomic mass is 32.1. The summed E-state index contributed by atoms with van der Waals surface area (Å²) in [4.78, 5) is 5.71. The van der Waals surface area contributed by atoms with E-state index in [4.69, 9.17) is 0 Å². The van der Waals surface area contributed by atoms with Crippen LogP contribution in [0.25, 0.3) is 22.4 Å². The molecule has 0 amide bonds. The van der Waals surface area contributed by atoms with Gasteiger partial charge in [0.1, 0.15) is 0 Å². The lowest BCUT2D eigenvalue weighted by Gasteiger charge is -2.04. The Morgan fingerprint density at radius 2 is 2.09 bits per heavy atom. The third kappa shape index (κ3) is 2.07. The molecule has 0 aliphatic carbocycles. The molecule has 7 heteroatoms. The van der Waals surface area contributed by atoms with Gasteiger partial charge in [-0.15, -0.1) is 22.7 Å². The molecule has 0 N–H and O–H groups in total. The maximum atomic E-state index is 13.5. The molecule has 4 rings (SSSR count). The Labute approximate surface area is 133 Å². The number of hydrogen-bond acceptors (Lipinski definition) is 3. The number of aryl methyl sites for hydroxylation is 2. The quantitative estimate of drug-likeness (QED) is 0.638. The first-order chi connectivity index (χ1) is 10.5. The van der Waals surface area contributed by atoms with Gasteiger partial charge in [0.15, 0.2) is 0 Å². The average Bonchev–Trinajstić information content (AvgIpc) is 3.12. The van der Waals surface area contributed by atoms with Crippen molar-refractivity contribution in [1.82, 2.24) is 4.48 Å². The highest BCUT2D eigenvalue weighted by molar-refractivity contribution is 7.17. The van der Waals surface area contributed by atoms with Gasteiger partial charge in [0.2, 0.25) is 0 Å². The van der Waals surface area contributed by atoms with Crippen molar-refractivity contribution in [1.29, 1.82) is 0 Å². The number of aromatic nitrogens is 1. The second-order valence-electron chi connectivity index (χ2n) is 5.28. The molecule has 0 saturated carbocycles. The lowest BCUT2D eigenvalue weighted by Crippen LogP contribution is -2.14. The summed E-state index contributed by atoms with van der Waals surface area (Å²) in [5.41, 5.74) is 2.73. The number of hydrogen-bond donors (Lipinski definition) is 0. The summed E-state index contributed by atoms with van der Waals surface area (Å²) >= 11 is 3.16. The standard InChI is InChI=1S/C15H11BF2N2S2/c1-8-7-21-14-6-11(20(15(8)14)16(17)18)4-10-5-13-12(19-10)3-9(2)22-13/h3-7H,1-2H3/b10-4+. The number of allylic oxidation sites excluding steroid dienone is 1. The van der Waals surface area contributed by atoms with Gasteiger partial charge < -0.3 is 4.48 Å². The first kappa shape index (κ1) is 13.9. The molecular weight excluding hydrogens is 321 g/mol. The molecule has 0 bridgehead atoms. The first-order valence-corrected chi connectivity index (χ1v) is 8.48. The van der Waals surface area contributed by atoms with Crippen molar-refractivity contribution in [3.63, 3.8) is 0 Å². The van der Waals surface area contributed by atoms with Crippen molar-refractivity contribution in [2.24, 2.45) is 4.99 Å². The fourth-order valence-electron chi connectivity index (χ4n) is 2.76. The molecule has 0 unspecified atom stereocenters. The Kier molecular flexibility index (Phi) is 3.09. The molecule has 4 heterocycles. The van der Waals surface area contributed by atoms with Gasteiger partial charge in [-0.1, -0.05) is 0 Å². The largest absolute Gasteiger partial charge is 0.678 e. The van der Waals surface area contributed by atoms with Gasteiger partial charge in [0.05, 0.1) is 25.8 Å². The Morgan fingerprint density at radius 3 is 2.82 bits per heavy atom. The molecule has 3 aromatic rings. The van der Waals surface area contributed by atoms with E-state index >= 15 is 0 Å². The summed E-state index contributed by atoms with van der Waals surface area (Å²) in [6, 6.07) is 3.83.